The number of nitrogens with zero attached hydrogens (tertiary/aromatic N) is 2. The molecule has 0 saturated heterocycles. The molecule has 0 atom stereocenters. The standard InChI is InChI=1S/C16H18N2O2/c1-8-6-9(2)11(4)14(10(8)3)15-13(16(19)20)7-17-12(5)18-15/h6-7H,1-5H3,(H,19,20). The molecule has 1 heterocycles. The zero-order chi connectivity index (χ0) is 15.0. The van der Waals surface area contributed by atoms with E-state index in [9.17, 15) is 9.90 Å². The van der Waals surface area contributed by atoms with Gasteiger partial charge in [-0.3, -0.25) is 0 Å². The molecular formula is C16H18N2O2. The van der Waals surface area contributed by atoms with E-state index in [1.54, 1.807) is 6.92 Å². The fraction of sp³-hybridized carbons (Fsp3) is 0.312. The van der Waals surface area contributed by atoms with E-state index in [4.69, 9.17) is 0 Å². The van der Waals surface area contributed by atoms with Crippen LogP contribution in [0.1, 0.15) is 38.4 Å². The second-order valence-electron chi connectivity index (χ2n) is 5.12. The molecule has 1 aromatic heterocycles. The van der Waals surface area contributed by atoms with Crippen molar-refractivity contribution in [3.8, 4) is 11.3 Å². The van der Waals surface area contributed by atoms with Crippen molar-refractivity contribution >= 4 is 5.97 Å². The quantitative estimate of drug-likeness (QED) is 0.908. The maximum absolute atomic E-state index is 11.4. The highest BCUT2D eigenvalue weighted by Gasteiger charge is 2.19. The molecule has 0 unspecified atom stereocenters. The van der Waals surface area contributed by atoms with Gasteiger partial charge in [0.25, 0.3) is 0 Å². The van der Waals surface area contributed by atoms with Gasteiger partial charge in [0.2, 0.25) is 0 Å². The molecule has 0 radical (unpaired) electrons. The molecule has 4 heteroatoms. The van der Waals surface area contributed by atoms with E-state index in [0.29, 0.717) is 11.5 Å². The van der Waals surface area contributed by atoms with Crippen LogP contribution in [0, 0.1) is 34.6 Å². The Labute approximate surface area is 118 Å². The minimum Gasteiger partial charge on any atom is -0.478 e. The number of carboxylic acids is 1. The van der Waals surface area contributed by atoms with Gasteiger partial charge < -0.3 is 5.11 Å². The minimum atomic E-state index is -1.00. The van der Waals surface area contributed by atoms with Gasteiger partial charge in [-0.25, -0.2) is 14.8 Å². The van der Waals surface area contributed by atoms with Crippen molar-refractivity contribution in [3.63, 3.8) is 0 Å². The highest BCUT2D eigenvalue weighted by Crippen LogP contribution is 2.32. The Morgan fingerprint density at radius 1 is 1.05 bits per heavy atom. The summed E-state index contributed by atoms with van der Waals surface area (Å²) in [5, 5.41) is 9.36. The molecule has 2 rings (SSSR count). The molecule has 0 amide bonds. The maximum Gasteiger partial charge on any atom is 0.339 e. The minimum absolute atomic E-state index is 0.145. The number of hydrogen-bond donors (Lipinski definition) is 1. The number of benzene rings is 1. The van der Waals surface area contributed by atoms with Crippen LogP contribution < -0.4 is 0 Å². The SMILES string of the molecule is Cc1ncc(C(=O)O)c(-c2c(C)c(C)cc(C)c2C)n1. The van der Waals surface area contributed by atoms with Crippen molar-refractivity contribution in [2.75, 3.05) is 0 Å². The highest BCUT2D eigenvalue weighted by molar-refractivity contribution is 5.95. The Morgan fingerprint density at radius 2 is 1.60 bits per heavy atom. The first-order chi connectivity index (χ1) is 9.32. The van der Waals surface area contributed by atoms with E-state index < -0.39 is 5.97 Å². The first-order valence-electron chi connectivity index (χ1n) is 6.47. The lowest BCUT2D eigenvalue weighted by Gasteiger charge is -2.16. The monoisotopic (exact) mass is 270 g/mol. The Kier molecular flexibility index (Phi) is 3.57. The summed E-state index contributed by atoms with van der Waals surface area (Å²) < 4.78 is 0. The summed E-state index contributed by atoms with van der Waals surface area (Å²) in [5.41, 5.74) is 5.96. The van der Waals surface area contributed by atoms with Crippen molar-refractivity contribution in [2.45, 2.75) is 34.6 Å². The van der Waals surface area contributed by atoms with Crippen molar-refractivity contribution in [1.82, 2.24) is 9.97 Å². The van der Waals surface area contributed by atoms with Gasteiger partial charge in [0.15, 0.2) is 0 Å². The van der Waals surface area contributed by atoms with E-state index in [1.165, 1.54) is 6.20 Å². The van der Waals surface area contributed by atoms with Gasteiger partial charge >= 0.3 is 5.97 Å². The zero-order valence-electron chi connectivity index (χ0n) is 12.4. The van der Waals surface area contributed by atoms with Crippen LogP contribution in [0.4, 0.5) is 0 Å². The van der Waals surface area contributed by atoms with Gasteiger partial charge in [-0.15, -0.1) is 0 Å². The number of hydrogen-bond acceptors (Lipinski definition) is 3. The van der Waals surface area contributed by atoms with Crippen molar-refractivity contribution in [1.29, 1.82) is 0 Å². The number of aromatic carboxylic acids is 1. The van der Waals surface area contributed by atoms with Gasteiger partial charge in [-0.2, -0.15) is 0 Å². The van der Waals surface area contributed by atoms with E-state index in [1.807, 2.05) is 27.7 Å². The molecule has 0 spiro atoms. The average molecular weight is 270 g/mol. The smallest absolute Gasteiger partial charge is 0.339 e. The summed E-state index contributed by atoms with van der Waals surface area (Å²) in [6, 6.07) is 2.11. The Hall–Kier alpha value is -2.23. The van der Waals surface area contributed by atoms with Gasteiger partial charge in [-0.05, 0) is 56.9 Å². The van der Waals surface area contributed by atoms with Gasteiger partial charge in [-0.1, -0.05) is 6.07 Å². The van der Waals surface area contributed by atoms with Crippen LogP contribution in [-0.4, -0.2) is 21.0 Å². The molecule has 2 aromatic rings. The summed E-state index contributed by atoms with van der Waals surface area (Å²) in [7, 11) is 0. The molecular weight excluding hydrogens is 252 g/mol. The predicted molar refractivity (Wildman–Crippen MR) is 78.1 cm³/mol. The Morgan fingerprint density at radius 3 is 2.10 bits per heavy atom. The van der Waals surface area contributed by atoms with Crippen LogP contribution in [0.2, 0.25) is 0 Å². The first kappa shape index (κ1) is 14.2. The topological polar surface area (TPSA) is 63.1 Å². The lowest BCUT2D eigenvalue weighted by atomic mass is 9.90. The van der Waals surface area contributed by atoms with E-state index in [-0.39, 0.29) is 5.56 Å². The number of carboxylic acid groups (broad SMARTS) is 1. The van der Waals surface area contributed by atoms with Crippen LogP contribution in [-0.2, 0) is 0 Å². The highest BCUT2D eigenvalue weighted by atomic mass is 16.4. The third-order valence-electron chi connectivity index (χ3n) is 3.74. The van der Waals surface area contributed by atoms with Crippen molar-refractivity contribution < 1.29 is 9.90 Å². The predicted octanol–water partition coefficient (Wildman–Crippen LogP) is 3.38. The number of aromatic nitrogens is 2. The summed E-state index contributed by atoms with van der Waals surface area (Å²) >= 11 is 0. The van der Waals surface area contributed by atoms with Crippen LogP contribution in [0.25, 0.3) is 11.3 Å². The fourth-order valence-electron chi connectivity index (χ4n) is 2.39. The normalized spacial score (nSPS) is 10.7. The molecule has 0 bridgehead atoms. The molecule has 0 saturated carbocycles. The molecule has 0 aliphatic carbocycles. The van der Waals surface area contributed by atoms with Crippen LogP contribution >= 0.6 is 0 Å². The average Bonchev–Trinajstić information content (AvgIpc) is 2.36. The molecule has 1 N–H and O–H groups in total. The lowest BCUT2D eigenvalue weighted by molar-refractivity contribution is 0.0697. The lowest BCUT2D eigenvalue weighted by Crippen LogP contribution is -2.07. The second-order valence-corrected chi connectivity index (χ2v) is 5.12. The van der Waals surface area contributed by atoms with Crippen molar-refractivity contribution in [2.24, 2.45) is 0 Å². The Bertz CT molecular complexity index is 680. The van der Waals surface area contributed by atoms with Crippen LogP contribution in [0.5, 0.6) is 0 Å². The number of carbonyl (C=O) groups is 1. The van der Waals surface area contributed by atoms with E-state index >= 15 is 0 Å². The number of aryl methyl sites for hydroxylation is 3. The fourth-order valence-corrected chi connectivity index (χ4v) is 2.39. The largest absolute Gasteiger partial charge is 0.478 e. The molecule has 104 valence electrons. The molecule has 20 heavy (non-hydrogen) atoms. The molecule has 0 fully saturated rings. The van der Waals surface area contributed by atoms with Crippen LogP contribution in [0.3, 0.4) is 0 Å². The van der Waals surface area contributed by atoms with Gasteiger partial charge in [0.05, 0.1) is 5.69 Å². The maximum atomic E-state index is 11.4. The summed E-state index contributed by atoms with van der Waals surface area (Å²) in [4.78, 5) is 19.8. The zero-order valence-corrected chi connectivity index (χ0v) is 12.4. The molecule has 1 aromatic carbocycles. The first-order valence-corrected chi connectivity index (χ1v) is 6.47. The van der Waals surface area contributed by atoms with E-state index in [2.05, 4.69) is 16.0 Å². The summed E-state index contributed by atoms with van der Waals surface area (Å²) in [6.07, 6.45) is 1.39. The summed E-state index contributed by atoms with van der Waals surface area (Å²) in [6.45, 7) is 9.82. The number of rotatable bonds is 2. The van der Waals surface area contributed by atoms with Crippen LogP contribution in [0.15, 0.2) is 12.3 Å². The Balaban J connectivity index is 2.88. The molecule has 0 aliphatic heterocycles. The second kappa shape index (κ2) is 5.04. The molecule has 4 nitrogen and oxygen atoms in total. The summed E-state index contributed by atoms with van der Waals surface area (Å²) in [5.74, 6) is -0.430. The third kappa shape index (κ3) is 2.29. The van der Waals surface area contributed by atoms with Gasteiger partial charge in [0.1, 0.15) is 11.4 Å². The van der Waals surface area contributed by atoms with E-state index in [0.717, 1.165) is 27.8 Å². The third-order valence-corrected chi connectivity index (χ3v) is 3.74. The molecule has 0 aliphatic rings. The van der Waals surface area contributed by atoms with Gasteiger partial charge in [0, 0.05) is 11.8 Å². The van der Waals surface area contributed by atoms with Crippen molar-refractivity contribution in [3.05, 3.63) is 45.9 Å².